The SMILES string of the molecule is O=C(Nc1nc(-c2ccccc2)ns1)c1ccc2c(c1)C(=O)N(CCc1ccccc1)C2=O. The van der Waals surface area contributed by atoms with Gasteiger partial charge in [0, 0.05) is 29.2 Å². The summed E-state index contributed by atoms with van der Waals surface area (Å²) >= 11 is 1.08. The van der Waals surface area contributed by atoms with E-state index < -0.39 is 5.91 Å². The second kappa shape index (κ2) is 8.76. The van der Waals surface area contributed by atoms with Crippen LogP contribution >= 0.6 is 11.5 Å². The molecule has 0 bridgehead atoms. The van der Waals surface area contributed by atoms with Crippen molar-refractivity contribution in [2.75, 3.05) is 11.9 Å². The average molecular weight is 455 g/mol. The van der Waals surface area contributed by atoms with Crippen LogP contribution in [0.3, 0.4) is 0 Å². The Morgan fingerprint density at radius 3 is 2.33 bits per heavy atom. The number of nitrogens with zero attached hydrogens (tertiary/aromatic N) is 3. The van der Waals surface area contributed by atoms with Gasteiger partial charge in [0.2, 0.25) is 5.13 Å². The molecule has 1 aliphatic heterocycles. The van der Waals surface area contributed by atoms with Crippen LogP contribution in [0.1, 0.15) is 36.6 Å². The van der Waals surface area contributed by atoms with Gasteiger partial charge in [0.05, 0.1) is 11.1 Å². The van der Waals surface area contributed by atoms with Crippen LogP contribution in [0.15, 0.2) is 78.9 Å². The number of fused-ring (bicyclic) bond motifs is 1. The Labute approximate surface area is 193 Å². The van der Waals surface area contributed by atoms with Gasteiger partial charge in [-0.05, 0) is 30.2 Å². The molecule has 0 unspecified atom stereocenters. The second-order valence-electron chi connectivity index (χ2n) is 7.50. The van der Waals surface area contributed by atoms with Crippen molar-refractivity contribution in [1.82, 2.24) is 14.3 Å². The molecule has 0 saturated heterocycles. The van der Waals surface area contributed by atoms with Crippen LogP contribution in [-0.4, -0.2) is 38.5 Å². The van der Waals surface area contributed by atoms with Gasteiger partial charge in [-0.1, -0.05) is 60.7 Å². The van der Waals surface area contributed by atoms with Crippen LogP contribution in [0.4, 0.5) is 5.13 Å². The number of nitrogens with one attached hydrogen (secondary N) is 1. The number of imide groups is 1. The van der Waals surface area contributed by atoms with Crippen LogP contribution in [0, 0.1) is 0 Å². The summed E-state index contributed by atoms with van der Waals surface area (Å²) in [4.78, 5) is 43.9. The molecule has 0 aliphatic carbocycles. The first-order chi connectivity index (χ1) is 16.1. The van der Waals surface area contributed by atoms with E-state index in [1.807, 2.05) is 60.7 Å². The predicted molar refractivity (Wildman–Crippen MR) is 125 cm³/mol. The minimum Gasteiger partial charge on any atom is -0.297 e. The van der Waals surface area contributed by atoms with Crippen molar-refractivity contribution in [1.29, 1.82) is 0 Å². The summed E-state index contributed by atoms with van der Waals surface area (Å²) in [5, 5.41) is 3.07. The van der Waals surface area contributed by atoms with Gasteiger partial charge in [-0.2, -0.15) is 9.36 Å². The second-order valence-corrected chi connectivity index (χ2v) is 8.25. The van der Waals surface area contributed by atoms with E-state index in [0.29, 0.717) is 22.9 Å². The maximum Gasteiger partial charge on any atom is 0.261 e. The zero-order chi connectivity index (χ0) is 22.8. The molecule has 1 aliphatic rings. The minimum atomic E-state index is -0.420. The summed E-state index contributed by atoms with van der Waals surface area (Å²) in [5.74, 6) is -0.617. The third-order valence-corrected chi connectivity index (χ3v) is 6.01. The molecular weight excluding hydrogens is 436 g/mol. The molecule has 5 rings (SSSR count). The first-order valence-electron chi connectivity index (χ1n) is 10.3. The first kappa shape index (κ1) is 20.7. The largest absolute Gasteiger partial charge is 0.297 e. The van der Waals surface area contributed by atoms with E-state index in [0.717, 1.165) is 22.7 Å². The summed E-state index contributed by atoms with van der Waals surface area (Å²) in [6.45, 7) is 0.283. The lowest BCUT2D eigenvalue weighted by molar-refractivity contribution is 0.0656. The average Bonchev–Trinajstić information content (AvgIpc) is 3.41. The van der Waals surface area contributed by atoms with Crippen molar-refractivity contribution in [3.05, 3.63) is 101 Å². The number of anilines is 1. The lowest BCUT2D eigenvalue weighted by Crippen LogP contribution is -2.31. The van der Waals surface area contributed by atoms with Crippen molar-refractivity contribution in [3.63, 3.8) is 0 Å². The highest BCUT2D eigenvalue weighted by molar-refractivity contribution is 7.10. The number of amides is 3. The molecule has 0 saturated carbocycles. The zero-order valence-corrected chi connectivity index (χ0v) is 18.2. The summed E-state index contributed by atoms with van der Waals surface area (Å²) in [6, 6.07) is 23.7. The smallest absolute Gasteiger partial charge is 0.261 e. The molecule has 3 amide bonds. The molecule has 1 N–H and O–H groups in total. The Morgan fingerprint density at radius 2 is 1.58 bits per heavy atom. The van der Waals surface area contributed by atoms with Gasteiger partial charge in [-0.3, -0.25) is 24.6 Å². The number of hydrogen-bond donors (Lipinski definition) is 1. The van der Waals surface area contributed by atoms with Gasteiger partial charge in [0.15, 0.2) is 5.82 Å². The molecule has 1 aromatic heterocycles. The number of benzene rings is 3. The third kappa shape index (κ3) is 4.16. The van der Waals surface area contributed by atoms with Crippen molar-refractivity contribution in [2.24, 2.45) is 0 Å². The quantitative estimate of drug-likeness (QED) is 0.439. The zero-order valence-electron chi connectivity index (χ0n) is 17.4. The molecular formula is C25H18N4O3S. The lowest BCUT2D eigenvalue weighted by atomic mass is 10.1. The molecule has 8 heteroatoms. The lowest BCUT2D eigenvalue weighted by Gasteiger charge is -2.13. The Bertz CT molecular complexity index is 1350. The monoisotopic (exact) mass is 454 g/mol. The first-order valence-corrected chi connectivity index (χ1v) is 11.1. The van der Waals surface area contributed by atoms with E-state index in [1.54, 1.807) is 6.07 Å². The van der Waals surface area contributed by atoms with Gasteiger partial charge < -0.3 is 0 Å². The fourth-order valence-corrected chi connectivity index (χ4v) is 4.25. The Kier molecular flexibility index (Phi) is 5.50. The van der Waals surface area contributed by atoms with E-state index in [2.05, 4.69) is 14.7 Å². The highest BCUT2D eigenvalue weighted by Crippen LogP contribution is 2.26. The normalized spacial score (nSPS) is 12.7. The molecule has 2 heterocycles. The van der Waals surface area contributed by atoms with E-state index in [9.17, 15) is 14.4 Å². The number of carbonyl (C=O) groups excluding carboxylic acids is 3. The maximum atomic E-state index is 12.9. The van der Waals surface area contributed by atoms with Crippen LogP contribution in [0.25, 0.3) is 11.4 Å². The molecule has 0 atom stereocenters. The molecule has 0 spiro atoms. The summed E-state index contributed by atoms with van der Waals surface area (Å²) in [7, 11) is 0. The van der Waals surface area contributed by atoms with Gasteiger partial charge in [-0.25, -0.2) is 0 Å². The van der Waals surface area contributed by atoms with E-state index >= 15 is 0 Å². The van der Waals surface area contributed by atoms with E-state index in [1.165, 1.54) is 17.0 Å². The minimum absolute atomic E-state index is 0.239. The highest BCUT2D eigenvalue weighted by atomic mass is 32.1. The Hall–Kier alpha value is -4.17. The van der Waals surface area contributed by atoms with Crippen LogP contribution in [0.2, 0.25) is 0 Å². The fourth-order valence-electron chi connectivity index (χ4n) is 3.67. The van der Waals surface area contributed by atoms with Gasteiger partial charge in [-0.15, -0.1) is 0 Å². The van der Waals surface area contributed by atoms with Gasteiger partial charge in [0.1, 0.15) is 0 Å². The fraction of sp³-hybridized carbons (Fsp3) is 0.0800. The standard InChI is InChI=1S/C25H18N4O3S/c30-22(27-25-26-21(28-33-25)17-9-5-2-6-10-17)18-11-12-19-20(15-18)24(32)29(23(19)31)14-13-16-7-3-1-4-8-16/h1-12,15H,13-14H2,(H,26,27,28,30). The number of rotatable bonds is 6. The van der Waals surface area contributed by atoms with Crippen molar-refractivity contribution >= 4 is 34.4 Å². The van der Waals surface area contributed by atoms with Crippen molar-refractivity contribution in [2.45, 2.75) is 6.42 Å². The number of carbonyl (C=O) groups is 3. The van der Waals surface area contributed by atoms with Crippen LogP contribution in [-0.2, 0) is 6.42 Å². The maximum absolute atomic E-state index is 12.9. The van der Waals surface area contributed by atoms with E-state index in [-0.39, 0.29) is 29.5 Å². The summed E-state index contributed by atoms with van der Waals surface area (Å²) < 4.78 is 4.28. The van der Waals surface area contributed by atoms with Crippen LogP contribution < -0.4 is 5.32 Å². The third-order valence-electron chi connectivity index (χ3n) is 5.38. The molecule has 162 valence electrons. The van der Waals surface area contributed by atoms with Crippen LogP contribution in [0.5, 0.6) is 0 Å². The highest BCUT2D eigenvalue weighted by Gasteiger charge is 2.35. The molecule has 7 nitrogen and oxygen atoms in total. The number of hydrogen-bond acceptors (Lipinski definition) is 6. The summed E-state index contributed by atoms with van der Waals surface area (Å²) in [6.07, 6.45) is 0.570. The molecule has 33 heavy (non-hydrogen) atoms. The van der Waals surface area contributed by atoms with Crippen molar-refractivity contribution < 1.29 is 14.4 Å². The molecule has 4 aromatic rings. The van der Waals surface area contributed by atoms with E-state index in [4.69, 9.17) is 0 Å². The van der Waals surface area contributed by atoms with Gasteiger partial charge in [0.25, 0.3) is 17.7 Å². The Balaban J connectivity index is 1.30. The van der Waals surface area contributed by atoms with Crippen molar-refractivity contribution in [3.8, 4) is 11.4 Å². The Morgan fingerprint density at radius 1 is 0.879 bits per heavy atom. The van der Waals surface area contributed by atoms with Gasteiger partial charge >= 0.3 is 0 Å². The topological polar surface area (TPSA) is 92.3 Å². The predicted octanol–water partition coefficient (Wildman–Crippen LogP) is 4.30. The number of aromatic nitrogens is 2. The molecule has 0 fully saturated rings. The summed E-state index contributed by atoms with van der Waals surface area (Å²) in [5.41, 5.74) is 2.72. The molecule has 3 aromatic carbocycles. The molecule has 0 radical (unpaired) electrons.